The average Bonchev–Trinajstić information content (AvgIpc) is 2.85. The van der Waals surface area contributed by atoms with Crippen molar-refractivity contribution in [1.82, 2.24) is 15.1 Å². The summed E-state index contributed by atoms with van der Waals surface area (Å²) in [5.74, 6) is 0.248. The maximum Gasteiger partial charge on any atom is 0.240 e. The number of nitrogens with one attached hydrogen (secondary N) is 1. The number of carbonyl (C=O) groups is 1. The van der Waals surface area contributed by atoms with Crippen LogP contribution < -0.4 is 5.32 Å². The van der Waals surface area contributed by atoms with E-state index in [1.165, 1.54) is 12.8 Å². The zero-order chi connectivity index (χ0) is 10.3. The minimum atomic E-state index is 0.00737. The fourth-order valence-electron chi connectivity index (χ4n) is 2.07. The molecule has 1 N–H and O–H groups in total. The van der Waals surface area contributed by atoms with E-state index in [-0.39, 0.29) is 17.5 Å². The van der Waals surface area contributed by atoms with Gasteiger partial charge in [-0.1, -0.05) is 0 Å². The van der Waals surface area contributed by atoms with Crippen molar-refractivity contribution < 1.29 is 4.79 Å². The summed E-state index contributed by atoms with van der Waals surface area (Å²) in [5.41, 5.74) is 0.279. The summed E-state index contributed by atoms with van der Waals surface area (Å²) >= 11 is 0. The van der Waals surface area contributed by atoms with Crippen molar-refractivity contribution in [1.29, 1.82) is 0 Å². The first-order valence-electron chi connectivity index (χ1n) is 5.25. The highest BCUT2D eigenvalue weighted by Crippen LogP contribution is 2.40. The monoisotopic (exact) mass is 197 g/mol. The van der Waals surface area contributed by atoms with Gasteiger partial charge < -0.3 is 9.80 Å². The lowest BCUT2D eigenvalue weighted by Gasteiger charge is -2.28. The third kappa shape index (κ3) is 1.53. The molecule has 0 aromatic carbocycles. The summed E-state index contributed by atoms with van der Waals surface area (Å²) in [4.78, 5) is 15.9. The molecule has 0 radical (unpaired) electrons. The van der Waals surface area contributed by atoms with E-state index in [1.807, 2.05) is 11.8 Å². The topological polar surface area (TPSA) is 35.6 Å². The Morgan fingerprint density at radius 1 is 1.57 bits per heavy atom. The second kappa shape index (κ2) is 3.21. The van der Waals surface area contributed by atoms with Crippen molar-refractivity contribution in [3.63, 3.8) is 0 Å². The average molecular weight is 197 g/mol. The molecule has 0 bridgehead atoms. The van der Waals surface area contributed by atoms with E-state index in [9.17, 15) is 4.79 Å². The number of carbonyl (C=O) groups excluding carboxylic acids is 1. The van der Waals surface area contributed by atoms with Gasteiger partial charge in [-0.2, -0.15) is 0 Å². The van der Waals surface area contributed by atoms with E-state index in [1.54, 1.807) is 0 Å². The number of rotatable bonds is 3. The third-order valence-electron chi connectivity index (χ3n) is 3.53. The number of hydrogen-bond acceptors (Lipinski definition) is 3. The van der Waals surface area contributed by atoms with Gasteiger partial charge in [0.25, 0.3) is 0 Å². The molecule has 1 unspecified atom stereocenters. The number of amides is 1. The highest BCUT2D eigenvalue weighted by Gasteiger charge is 2.47. The molecule has 0 aromatic heterocycles. The Hall–Kier alpha value is -0.610. The molecule has 0 aromatic rings. The van der Waals surface area contributed by atoms with Gasteiger partial charge in [0, 0.05) is 12.1 Å². The summed E-state index contributed by atoms with van der Waals surface area (Å²) in [5, 5.41) is 3.17. The van der Waals surface area contributed by atoms with Crippen molar-refractivity contribution >= 4 is 5.91 Å². The van der Waals surface area contributed by atoms with E-state index < -0.39 is 0 Å². The molecular formula is C10H19N3O. The van der Waals surface area contributed by atoms with Gasteiger partial charge >= 0.3 is 0 Å². The molecule has 1 aliphatic carbocycles. The molecule has 14 heavy (non-hydrogen) atoms. The zero-order valence-corrected chi connectivity index (χ0v) is 9.21. The van der Waals surface area contributed by atoms with Gasteiger partial charge in [-0.3, -0.25) is 10.1 Å². The smallest absolute Gasteiger partial charge is 0.240 e. The normalized spacial score (nSPS) is 30.1. The van der Waals surface area contributed by atoms with E-state index in [2.05, 4.69) is 24.3 Å². The van der Waals surface area contributed by atoms with Crippen molar-refractivity contribution in [2.75, 3.05) is 27.3 Å². The lowest BCUT2D eigenvalue weighted by molar-refractivity contribution is -0.129. The molecule has 1 saturated carbocycles. The first kappa shape index (κ1) is 9.93. The Labute approximate surface area is 85.2 Å². The van der Waals surface area contributed by atoms with Crippen LogP contribution in [0.25, 0.3) is 0 Å². The molecule has 0 spiro atoms. The van der Waals surface area contributed by atoms with E-state index in [0.29, 0.717) is 0 Å². The van der Waals surface area contributed by atoms with Crippen LogP contribution in [0.3, 0.4) is 0 Å². The van der Waals surface area contributed by atoms with Crippen LogP contribution in [-0.2, 0) is 4.79 Å². The fraction of sp³-hybridized carbons (Fsp3) is 0.900. The maximum atomic E-state index is 11.7. The Kier molecular flexibility index (Phi) is 2.27. The largest absolute Gasteiger partial charge is 0.327 e. The van der Waals surface area contributed by atoms with Crippen LogP contribution in [0.5, 0.6) is 0 Å². The molecule has 4 nitrogen and oxygen atoms in total. The Bertz CT molecular complexity index is 248. The van der Waals surface area contributed by atoms with Gasteiger partial charge in [0.15, 0.2) is 0 Å². The predicted molar refractivity (Wildman–Crippen MR) is 54.8 cm³/mol. The van der Waals surface area contributed by atoms with Crippen LogP contribution in [0.15, 0.2) is 0 Å². The molecule has 2 fully saturated rings. The summed E-state index contributed by atoms with van der Waals surface area (Å²) < 4.78 is 0. The standard InChI is InChI=1S/C10H19N3O/c1-8-9(14)13(7-11-8)6-10(4-5-10)12(2)3/h8,11H,4-7H2,1-3H3. The summed E-state index contributed by atoms with van der Waals surface area (Å²) in [6.07, 6.45) is 2.44. The van der Waals surface area contributed by atoms with E-state index in [0.717, 1.165) is 13.2 Å². The minimum absolute atomic E-state index is 0.00737. The highest BCUT2D eigenvalue weighted by molar-refractivity contribution is 5.83. The molecule has 1 heterocycles. The maximum absolute atomic E-state index is 11.7. The van der Waals surface area contributed by atoms with Gasteiger partial charge in [-0.05, 0) is 33.9 Å². The van der Waals surface area contributed by atoms with Gasteiger partial charge in [0.1, 0.15) is 0 Å². The first-order valence-corrected chi connectivity index (χ1v) is 5.25. The van der Waals surface area contributed by atoms with Crippen LogP contribution in [0.2, 0.25) is 0 Å². The molecule has 4 heteroatoms. The number of nitrogens with zero attached hydrogens (tertiary/aromatic N) is 2. The van der Waals surface area contributed by atoms with Crippen molar-refractivity contribution in [2.24, 2.45) is 0 Å². The van der Waals surface area contributed by atoms with Crippen LogP contribution in [-0.4, -0.2) is 54.6 Å². The molecule has 2 aliphatic rings. The molecule has 2 rings (SSSR count). The quantitative estimate of drug-likeness (QED) is 0.684. The van der Waals surface area contributed by atoms with Gasteiger partial charge in [-0.25, -0.2) is 0 Å². The Balaban J connectivity index is 1.95. The summed E-state index contributed by atoms with van der Waals surface area (Å²) in [6, 6.07) is 0.00737. The molecular weight excluding hydrogens is 178 g/mol. The number of likely N-dealkylation sites (N-methyl/N-ethyl adjacent to an activating group) is 1. The van der Waals surface area contributed by atoms with Gasteiger partial charge in [-0.15, -0.1) is 0 Å². The van der Waals surface area contributed by atoms with E-state index in [4.69, 9.17) is 0 Å². The number of hydrogen-bond donors (Lipinski definition) is 1. The first-order chi connectivity index (χ1) is 6.55. The minimum Gasteiger partial charge on any atom is -0.327 e. The Morgan fingerprint density at radius 3 is 2.57 bits per heavy atom. The molecule has 1 atom stereocenters. The van der Waals surface area contributed by atoms with Crippen LogP contribution in [0, 0.1) is 0 Å². The van der Waals surface area contributed by atoms with Crippen LogP contribution in [0.1, 0.15) is 19.8 Å². The van der Waals surface area contributed by atoms with Crippen molar-refractivity contribution in [3.05, 3.63) is 0 Å². The highest BCUT2D eigenvalue weighted by atomic mass is 16.2. The second-order valence-corrected chi connectivity index (χ2v) is 4.74. The van der Waals surface area contributed by atoms with Crippen LogP contribution >= 0.6 is 0 Å². The lowest BCUT2D eigenvalue weighted by Crippen LogP contribution is -2.43. The molecule has 80 valence electrons. The second-order valence-electron chi connectivity index (χ2n) is 4.74. The van der Waals surface area contributed by atoms with E-state index >= 15 is 0 Å². The van der Waals surface area contributed by atoms with Crippen LogP contribution in [0.4, 0.5) is 0 Å². The fourth-order valence-corrected chi connectivity index (χ4v) is 2.07. The molecule has 1 aliphatic heterocycles. The predicted octanol–water partition coefficient (Wildman–Crippen LogP) is -0.142. The lowest BCUT2D eigenvalue weighted by atomic mass is 10.2. The Morgan fingerprint density at radius 2 is 2.21 bits per heavy atom. The van der Waals surface area contributed by atoms with Gasteiger partial charge in [0.2, 0.25) is 5.91 Å². The zero-order valence-electron chi connectivity index (χ0n) is 9.21. The van der Waals surface area contributed by atoms with Gasteiger partial charge in [0.05, 0.1) is 12.7 Å². The van der Waals surface area contributed by atoms with Crippen molar-refractivity contribution in [3.8, 4) is 0 Å². The molecule has 1 saturated heterocycles. The third-order valence-corrected chi connectivity index (χ3v) is 3.53. The molecule has 1 amide bonds. The van der Waals surface area contributed by atoms with Crippen molar-refractivity contribution in [2.45, 2.75) is 31.3 Å². The summed E-state index contributed by atoms with van der Waals surface area (Å²) in [6.45, 7) is 3.53. The SMILES string of the molecule is CC1NCN(CC2(N(C)C)CC2)C1=O. The summed E-state index contributed by atoms with van der Waals surface area (Å²) in [7, 11) is 4.20.